The van der Waals surface area contributed by atoms with Crippen LogP contribution in [0.2, 0.25) is 0 Å². The van der Waals surface area contributed by atoms with Gasteiger partial charge in [-0.15, -0.1) is 12.4 Å². The van der Waals surface area contributed by atoms with Crippen molar-refractivity contribution in [3.05, 3.63) is 66.5 Å². The van der Waals surface area contributed by atoms with Gasteiger partial charge in [-0.05, 0) is 63.4 Å². The molecule has 2 saturated heterocycles. The highest BCUT2D eigenvalue weighted by Crippen LogP contribution is 2.32. The van der Waals surface area contributed by atoms with Crippen LogP contribution in [0.1, 0.15) is 56.3 Å². The molecule has 2 atom stereocenters. The van der Waals surface area contributed by atoms with E-state index in [1.54, 1.807) is 0 Å². The maximum absolute atomic E-state index is 6.00. The van der Waals surface area contributed by atoms with Gasteiger partial charge in [-0.3, -0.25) is 0 Å². The maximum Gasteiger partial charge on any atom is 0.225 e. The number of halogens is 1. The van der Waals surface area contributed by atoms with Gasteiger partial charge in [-0.25, -0.2) is 15.0 Å². The summed E-state index contributed by atoms with van der Waals surface area (Å²) in [6, 6.07) is 15.1. The van der Waals surface area contributed by atoms with E-state index >= 15 is 0 Å². The van der Waals surface area contributed by atoms with E-state index < -0.39 is 0 Å². The van der Waals surface area contributed by atoms with Crippen molar-refractivity contribution in [2.45, 2.75) is 44.7 Å². The number of nitrogens with zero attached hydrogens (tertiary/aromatic N) is 4. The Balaban J connectivity index is 0.00000289. The van der Waals surface area contributed by atoms with Gasteiger partial charge in [0.25, 0.3) is 0 Å². The molecule has 40 heavy (non-hydrogen) atoms. The molecule has 5 heterocycles. The van der Waals surface area contributed by atoms with Crippen molar-refractivity contribution in [1.29, 1.82) is 0 Å². The van der Waals surface area contributed by atoms with Crippen LogP contribution in [0.3, 0.4) is 0 Å². The number of fused-ring (bicyclic) bond motifs is 1. The fraction of sp³-hybridized carbons (Fsp3) is 0.333. The SMILES string of the molecule is CCOc1nc(-c2ccc(-c3cnc([C@@H]4CCCN4)[nH]3)cc2)nc2ccc(-c3cnc([C@@H]4CCCN4)[nH]3)cc12.Cl. The second kappa shape index (κ2) is 11.4. The molecule has 0 radical (unpaired) electrons. The molecule has 0 spiro atoms. The monoisotopic (exact) mass is 556 g/mol. The number of benzene rings is 2. The molecular weight excluding hydrogens is 524 g/mol. The molecule has 0 bridgehead atoms. The zero-order valence-electron chi connectivity index (χ0n) is 22.4. The Labute approximate surface area is 239 Å². The van der Waals surface area contributed by atoms with Crippen LogP contribution in [0.5, 0.6) is 5.88 Å². The Morgan fingerprint density at radius 2 is 1.38 bits per heavy atom. The molecule has 0 unspecified atom stereocenters. The zero-order chi connectivity index (χ0) is 26.2. The molecule has 3 aromatic heterocycles. The molecule has 2 aliphatic rings. The van der Waals surface area contributed by atoms with Gasteiger partial charge >= 0.3 is 0 Å². The van der Waals surface area contributed by atoms with E-state index in [0.29, 0.717) is 30.4 Å². The van der Waals surface area contributed by atoms with E-state index in [0.717, 1.165) is 76.6 Å². The average molecular weight is 557 g/mol. The second-order valence-electron chi connectivity index (χ2n) is 10.3. The first kappa shape index (κ1) is 26.4. The highest BCUT2D eigenvalue weighted by Gasteiger charge is 2.21. The second-order valence-corrected chi connectivity index (χ2v) is 10.3. The van der Waals surface area contributed by atoms with Gasteiger partial charge in [0.1, 0.15) is 11.6 Å². The molecule has 0 amide bonds. The van der Waals surface area contributed by atoms with E-state index in [-0.39, 0.29) is 12.4 Å². The van der Waals surface area contributed by atoms with Crippen LogP contribution < -0.4 is 15.4 Å². The molecule has 9 nitrogen and oxygen atoms in total. The number of aromatic nitrogens is 6. The Hall–Kier alpha value is -3.79. The lowest BCUT2D eigenvalue weighted by Crippen LogP contribution is -2.14. The van der Waals surface area contributed by atoms with Crippen LogP contribution in [-0.4, -0.2) is 49.6 Å². The summed E-state index contributed by atoms with van der Waals surface area (Å²) >= 11 is 0. The lowest BCUT2D eigenvalue weighted by atomic mass is 10.1. The van der Waals surface area contributed by atoms with Crippen LogP contribution in [0, 0.1) is 0 Å². The molecule has 206 valence electrons. The summed E-state index contributed by atoms with van der Waals surface area (Å²) in [4.78, 5) is 25.9. The first-order valence-electron chi connectivity index (χ1n) is 13.9. The minimum Gasteiger partial charge on any atom is -0.477 e. The lowest BCUT2D eigenvalue weighted by molar-refractivity contribution is 0.331. The Kier molecular flexibility index (Phi) is 7.51. The lowest BCUT2D eigenvalue weighted by Gasteiger charge is -2.11. The minimum atomic E-state index is 0. The van der Waals surface area contributed by atoms with Gasteiger partial charge in [0.15, 0.2) is 5.82 Å². The fourth-order valence-corrected chi connectivity index (χ4v) is 5.60. The van der Waals surface area contributed by atoms with Crippen molar-refractivity contribution in [3.63, 3.8) is 0 Å². The summed E-state index contributed by atoms with van der Waals surface area (Å²) in [5, 5.41) is 7.88. The predicted octanol–water partition coefficient (Wildman–Crippen LogP) is 5.75. The number of imidazole rings is 2. The molecule has 2 aliphatic heterocycles. The summed E-state index contributed by atoms with van der Waals surface area (Å²) in [6.45, 7) is 4.59. The van der Waals surface area contributed by atoms with Crippen molar-refractivity contribution in [3.8, 4) is 39.8 Å². The van der Waals surface area contributed by atoms with Gasteiger partial charge in [0.05, 0.1) is 53.4 Å². The molecule has 5 aromatic rings. The highest BCUT2D eigenvalue weighted by atomic mass is 35.5. The van der Waals surface area contributed by atoms with Gasteiger partial charge in [-0.2, -0.15) is 4.98 Å². The topological polar surface area (TPSA) is 116 Å². The van der Waals surface area contributed by atoms with Crippen molar-refractivity contribution < 1.29 is 4.74 Å². The number of rotatable bonds is 7. The van der Waals surface area contributed by atoms with E-state index in [1.165, 1.54) is 12.8 Å². The molecule has 7 rings (SSSR count). The Morgan fingerprint density at radius 1 is 0.775 bits per heavy atom. The third kappa shape index (κ3) is 5.08. The Bertz CT molecular complexity index is 1600. The molecular formula is C30H33ClN8O. The van der Waals surface area contributed by atoms with Crippen molar-refractivity contribution in [2.75, 3.05) is 19.7 Å². The number of H-pyrrole nitrogens is 2. The van der Waals surface area contributed by atoms with Crippen LogP contribution in [-0.2, 0) is 0 Å². The van der Waals surface area contributed by atoms with E-state index in [2.05, 4.69) is 67.0 Å². The van der Waals surface area contributed by atoms with Crippen molar-refractivity contribution >= 4 is 23.3 Å². The van der Waals surface area contributed by atoms with Crippen molar-refractivity contribution in [1.82, 2.24) is 40.5 Å². The molecule has 0 saturated carbocycles. The highest BCUT2D eigenvalue weighted by molar-refractivity contribution is 5.89. The smallest absolute Gasteiger partial charge is 0.225 e. The summed E-state index contributed by atoms with van der Waals surface area (Å²) in [5.41, 5.74) is 5.89. The summed E-state index contributed by atoms with van der Waals surface area (Å²) in [5.74, 6) is 3.22. The Morgan fingerprint density at radius 3 is 1.98 bits per heavy atom. The number of hydrogen-bond acceptors (Lipinski definition) is 7. The predicted molar refractivity (Wildman–Crippen MR) is 159 cm³/mol. The average Bonchev–Trinajstić information content (AvgIpc) is 3.80. The van der Waals surface area contributed by atoms with Gasteiger partial charge in [-0.1, -0.05) is 30.3 Å². The van der Waals surface area contributed by atoms with Crippen molar-refractivity contribution in [2.24, 2.45) is 0 Å². The first-order chi connectivity index (χ1) is 19.2. The number of ether oxygens (including phenoxy) is 1. The molecule has 4 N–H and O–H groups in total. The standard InChI is InChI=1S/C30H32N8O.ClH/c1-2-39-30-21-15-20(26-17-34-29(37-26)24-6-4-14-32-24)11-12-22(21)35-27(38-30)19-9-7-18(8-10-19)25-16-33-28(36-25)23-5-3-13-31-23;/h7-12,15-17,23-24,31-32H,2-6,13-14H2,1H3,(H,33,36)(H,34,37);1H/t23-,24-;/m0./s1. The van der Waals surface area contributed by atoms with Crippen LogP contribution in [0.4, 0.5) is 0 Å². The van der Waals surface area contributed by atoms with Crippen LogP contribution >= 0.6 is 12.4 Å². The number of hydrogen-bond donors (Lipinski definition) is 4. The summed E-state index contributed by atoms with van der Waals surface area (Å²) < 4.78 is 6.00. The van der Waals surface area contributed by atoms with Gasteiger partial charge in [0, 0.05) is 11.1 Å². The molecule has 2 aromatic carbocycles. The minimum absolute atomic E-state index is 0. The first-order valence-corrected chi connectivity index (χ1v) is 13.9. The van der Waals surface area contributed by atoms with Crippen LogP contribution in [0.25, 0.3) is 44.8 Å². The third-order valence-electron chi connectivity index (χ3n) is 7.68. The maximum atomic E-state index is 6.00. The van der Waals surface area contributed by atoms with Gasteiger partial charge < -0.3 is 25.3 Å². The quantitative estimate of drug-likeness (QED) is 0.202. The third-order valence-corrected chi connectivity index (χ3v) is 7.68. The van der Waals surface area contributed by atoms with E-state index in [4.69, 9.17) is 14.7 Å². The van der Waals surface area contributed by atoms with Gasteiger partial charge in [0.2, 0.25) is 5.88 Å². The fourth-order valence-electron chi connectivity index (χ4n) is 5.60. The number of nitrogens with one attached hydrogen (secondary N) is 4. The number of aromatic amines is 2. The molecule has 0 aliphatic carbocycles. The summed E-state index contributed by atoms with van der Waals surface area (Å²) in [6.07, 6.45) is 8.41. The normalized spacial score (nSPS) is 18.7. The van der Waals surface area contributed by atoms with Crippen LogP contribution in [0.15, 0.2) is 54.9 Å². The van der Waals surface area contributed by atoms with E-state index in [1.807, 2.05) is 25.4 Å². The molecule has 2 fully saturated rings. The zero-order valence-corrected chi connectivity index (χ0v) is 23.2. The molecule has 10 heteroatoms. The largest absolute Gasteiger partial charge is 0.477 e. The summed E-state index contributed by atoms with van der Waals surface area (Å²) in [7, 11) is 0. The van der Waals surface area contributed by atoms with E-state index in [9.17, 15) is 0 Å².